The zero-order valence-corrected chi connectivity index (χ0v) is 9.81. The van der Waals surface area contributed by atoms with Crippen molar-refractivity contribution >= 4 is 10.9 Å². The summed E-state index contributed by atoms with van der Waals surface area (Å²) < 4.78 is 13.3. The molecule has 0 spiro atoms. The summed E-state index contributed by atoms with van der Waals surface area (Å²) >= 11 is 0. The molecule has 1 aromatic carbocycles. The van der Waals surface area contributed by atoms with Gasteiger partial charge in [-0.1, -0.05) is 6.07 Å². The molecule has 0 bridgehead atoms. The Morgan fingerprint density at radius 2 is 2.00 bits per heavy atom. The lowest BCUT2D eigenvalue weighted by Crippen LogP contribution is -2.69. The molecule has 0 aliphatic carbocycles. The molecule has 19 heavy (non-hydrogen) atoms. The van der Waals surface area contributed by atoms with Gasteiger partial charge in [0, 0.05) is 23.5 Å². The number of halogens is 1. The van der Waals surface area contributed by atoms with E-state index in [2.05, 4.69) is 15.6 Å². The first kappa shape index (κ1) is 12.1. The van der Waals surface area contributed by atoms with Gasteiger partial charge in [0.1, 0.15) is 0 Å². The van der Waals surface area contributed by atoms with Gasteiger partial charge < -0.3 is 20.5 Å². The third-order valence-corrected chi connectivity index (χ3v) is 3.11. The van der Waals surface area contributed by atoms with Crippen LogP contribution in [0, 0.1) is 0 Å². The van der Waals surface area contributed by atoms with Crippen molar-refractivity contribution in [1.29, 1.82) is 0 Å². The second-order valence-electron chi connectivity index (χ2n) is 4.52. The third-order valence-electron chi connectivity index (χ3n) is 3.11. The van der Waals surface area contributed by atoms with Gasteiger partial charge in [-0.05, 0) is 23.6 Å². The van der Waals surface area contributed by atoms with Crippen molar-refractivity contribution in [2.75, 3.05) is 0 Å². The maximum absolute atomic E-state index is 13.3. The predicted molar refractivity (Wildman–Crippen MR) is 66.8 cm³/mol. The minimum Gasteiger partial charge on any atom is -0.361 e. The molecule has 7 heteroatoms. The molecule has 0 radical (unpaired) electrons. The van der Waals surface area contributed by atoms with E-state index >= 15 is 0 Å². The van der Waals surface area contributed by atoms with Gasteiger partial charge in [0.2, 0.25) is 11.7 Å². The van der Waals surface area contributed by atoms with Crippen LogP contribution < -0.4 is 16.4 Å². The molecule has 0 saturated heterocycles. The van der Waals surface area contributed by atoms with Crippen LogP contribution in [-0.4, -0.2) is 21.0 Å². The van der Waals surface area contributed by atoms with E-state index in [4.69, 9.17) is 5.73 Å². The molecule has 7 N–H and O–H groups in total. The van der Waals surface area contributed by atoms with Gasteiger partial charge in [-0.3, -0.25) is 5.73 Å². The smallest absolute Gasteiger partial charge is 0.229 e. The van der Waals surface area contributed by atoms with Crippen LogP contribution in [-0.2, 0) is 5.85 Å². The summed E-state index contributed by atoms with van der Waals surface area (Å²) in [5.74, 6) is -5.29. The number of hydrogen-bond donors (Lipinski definition) is 6. The number of hydrogen-bond acceptors (Lipinski definition) is 5. The number of aromatic nitrogens is 1. The monoisotopic (exact) mass is 264 g/mol. The summed E-state index contributed by atoms with van der Waals surface area (Å²) in [6.07, 6.45) is 2.59. The standard InChI is InChI=1S/C12H13FN4O2/c13-10-6-16-12(19,17-11(10,14)18)8-1-2-9-7(5-8)3-4-15-9/h1-6,15-19H,14H2. The van der Waals surface area contributed by atoms with Gasteiger partial charge in [0.25, 0.3) is 0 Å². The Hall–Kier alpha value is -1.93. The second-order valence-corrected chi connectivity index (χ2v) is 4.52. The molecule has 100 valence electrons. The highest BCUT2D eigenvalue weighted by atomic mass is 19.1. The summed E-state index contributed by atoms with van der Waals surface area (Å²) in [4.78, 5) is 3.02. The molecule has 0 amide bonds. The van der Waals surface area contributed by atoms with Gasteiger partial charge in [-0.25, -0.2) is 9.71 Å². The average molecular weight is 264 g/mol. The third kappa shape index (κ3) is 1.89. The molecule has 1 aromatic heterocycles. The Labute approximate surface area is 107 Å². The maximum Gasteiger partial charge on any atom is 0.229 e. The molecule has 3 rings (SSSR count). The number of rotatable bonds is 1. The first-order valence-electron chi connectivity index (χ1n) is 5.65. The van der Waals surface area contributed by atoms with Crippen molar-refractivity contribution in [2.45, 2.75) is 11.7 Å². The highest BCUT2D eigenvalue weighted by Gasteiger charge is 2.43. The topological polar surface area (TPSA) is 106 Å². The number of benzene rings is 1. The highest BCUT2D eigenvalue weighted by Crippen LogP contribution is 2.26. The largest absolute Gasteiger partial charge is 0.361 e. The number of nitrogens with one attached hydrogen (secondary N) is 3. The van der Waals surface area contributed by atoms with E-state index in [0.717, 1.165) is 17.1 Å². The van der Waals surface area contributed by atoms with Gasteiger partial charge >= 0.3 is 0 Å². The molecule has 2 atom stereocenters. The van der Waals surface area contributed by atoms with Crippen LogP contribution in [0.15, 0.2) is 42.5 Å². The van der Waals surface area contributed by atoms with Crippen molar-refractivity contribution < 1.29 is 14.6 Å². The number of nitrogens with two attached hydrogens (primary N) is 1. The molecule has 2 heterocycles. The average Bonchev–Trinajstić information content (AvgIpc) is 2.81. The van der Waals surface area contributed by atoms with Crippen molar-refractivity contribution in [3.63, 3.8) is 0 Å². The Kier molecular flexibility index (Phi) is 2.41. The van der Waals surface area contributed by atoms with Crippen LogP contribution in [0.5, 0.6) is 0 Å². The zero-order valence-electron chi connectivity index (χ0n) is 9.81. The van der Waals surface area contributed by atoms with E-state index < -0.39 is 17.5 Å². The van der Waals surface area contributed by atoms with Crippen molar-refractivity contribution in [3.05, 3.63) is 48.1 Å². The summed E-state index contributed by atoms with van der Waals surface area (Å²) in [6, 6.07) is 6.91. The molecule has 1 aliphatic heterocycles. The summed E-state index contributed by atoms with van der Waals surface area (Å²) in [7, 11) is 0. The van der Waals surface area contributed by atoms with Gasteiger partial charge in [-0.15, -0.1) is 0 Å². The Bertz CT molecular complexity index is 667. The Balaban J connectivity index is 2.05. The van der Waals surface area contributed by atoms with E-state index in [1.54, 1.807) is 24.4 Å². The Morgan fingerprint density at radius 1 is 1.21 bits per heavy atom. The minimum absolute atomic E-state index is 0.396. The fourth-order valence-electron chi connectivity index (χ4n) is 2.08. The van der Waals surface area contributed by atoms with Crippen molar-refractivity contribution in [1.82, 2.24) is 15.6 Å². The van der Waals surface area contributed by atoms with E-state index in [0.29, 0.717) is 5.56 Å². The van der Waals surface area contributed by atoms with Crippen molar-refractivity contribution in [2.24, 2.45) is 5.73 Å². The zero-order chi connectivity index (χ0) is 13.7. The van der Waals surface area contributed by atoms with Gasteiger partial charge in [0.15, 0.2) is 5.83 Å². The lowest BCUT2D eigenvalue weighted by Gasteiger charge is -2.39. The SMILES string of the molecule is NC1(O)NC(O)(c2ccc3[nH]ccc3c2)NC=C1F. The predicted octanol–water partition coefficient (Wildman–Crippen LogP) is -0.121. The van der Waals surface area contributed by atoms with Crippen LogP contribution in [0.4, 0.5) is 4.39 Å². The lowest BCUT2D eigenvalue weighted by atomic mass is 10.1. The molecule has 6 nitrogen and oxygen atoms in total. The molecule has 1 aliphatic rings. The quantitative estimate of drug-likeness (QED) is 0.403. The molecular formula is C12H13FN4O2. The van der Waals surface area contributed by atoms with E-state index in [9.17, 15) is 14.6 Å². The normalized spacial score (nSPS) is 31.1. The second kappa shape index (κ2) is 3.78. The fourth-order valence-corrected chi connectivity index (χ4v) is 2.08. The van der Waals surface area contributed by atoms with Gasteiger partial charge in [-0.2, -0.15) is 0 Å². The van der Waals surface area contributed by atoms with Crippen LogP contribution in [0.1, 0.15) is 5.56 Å². The van der Waals surface area contributed by atoms with Gasteiger partial charge in [0.05, 0.1) is 0 Å². The van der Waals surface area contributed by atoms with E-state index in [1.807, 2.05) is 6.07 Å². The Morgan fingerprint density at radius 3 is 2.74 bits per heavy atom. The molecule has 2 aromatic rings. The molecule has 0 fully saturated rings. The maximum atomic E-state index is 13.3. The number of H-pyrrole nitrogens is 1. The highest BCUT2D eigenvalue weighted by molar-refractivity contribution is 5.80. The fraction of sp³-hybridized carbons (Fsp3) is 0.167. The first-order valence-corrected chi connectivity index (χ1v) is 5.65. The molecule has 2 unspecified atom stereocenters. The first-order chi connectivity index (χ1) is 8.91. The summed E-state index contributed by atoms with van der Waals surface area (Å²) in [5, 5.41) is 25.6. The van der Waals surface area contributed by atoms with Crippen LogP contribution >= 0.6 is 0 Å². The molecule has 0 saturated carbocycles. The summed E-state index contributed by atoms with van der Waals surface area (Å²) in [5.41, 5.74) is 6.61. The van der Waals surface area contributed by atoms with E-state index in [1.165, 1.54) is 0 Å². The van der Waals surface area contributed by atoms with Crippen LogP contribution in [0.3, 0.4) is 0 Å². The number of aliphatic hydroxyl groups is 2. The van der Waals surface area contributed by atoms with Crippen molar-refractivity contribution in [3.8, 4) is 0 Å². The lowest BCUT2D eigenvalue weighted by molar-refractivity contribution is -0.120. The van der Waals surface area contributed by atoms with E-state index in [-0.39, 0.29) is 0 Å². The summed E-state index contributed by atoms with van der Waals surface area (Å²) in [6.45, 7) is 0. The number of aromatic amines is 1. The van der Waals surface area contributed by atoms with Crippen LogP contribution in [0.25, 0.3) is 10.9 Å². The molecular weight excluding hydrogens is 251 g/mol. The van der Waals surface area contributed by atoms with Crippen LogP contribution in [0.2, 0.25) is 0 Å². The minimum atomic E-state index is -2.42. The number of fused-ring (bicyclic) bond motifs is 1.